The number of nitrogens with zero attached hydrogens (tertiary/aromatic N) is 3. The van der Waals surface area contributed by atoms with Crippen LogP contribution < -0.4 is 10.1 Å². The summed E-state index contributed by atoms with van der Waals surface area (Å²) in [5.74, 6) is -1.53. The van der Waals surface area contributed by atoms with Gasteiger partial charge in [-0.15, -0.1) is 5.10 Å². The second-order valence-electron chi connectivity index (χ2n) is 6.13. The SMILES string of the molecule is CC(=O)Nc1cc(-c2cc(F)cc(OC(C)(F)P)c2)n(-c2cncc(F)c2)n1. The van der Waals surface area contributed by atoms with Crippen LogP contribution in [0.1, 0.15) is 13.8 Å². The Bertz CT molecular complexity index is 1030. The van der Waals surface area contributed by atoms with Gasteiger partial charge in [-0.1, -0.05) is 9.24 Å². The highest BCUT2D eigenvalue weighted by Gasteiger charge is 2.20. The van der Waals surface area contributed by atoms with Gasteiger partial charge in [-0.05, 0) is 12.1 Å². The number of pyridine rings is 1. The van der Waals surface area contributed by atoms with Gasteiger partial charge in [0, 0.05) is 37.6 Å². The molecule has 0 aliphatic carbocycles. The van der Waals surface area contributed by atoms with Gasteiger partial charge in [-0.3, -0.25) is 9.78 Å². The maximum Gasteiger partial charge on any atom is 0.256 e. The number of anilines is 1. The molecule has 28 heavy (non-hydrogen) atoms. The Labute approximate surface area is 160 Å². The zero-order valence-corrected chi connectivity index (χ0v) is 16.1. The van der Waals surface area contributed by atoms with Gasteiger partial charge in [-0.25, -0.2) is 13.5 Å². The molecule has 2 atom stereocenters. The Morgan fingerprint density at radius 1 is 1.18 bits per heavy atom. The summed E-state index contributed by atoms with van der Waals surface area (Å²) in [4.78, 5) is 15.1. The molecule has 0 saturated carbocycles. The van der Waals surface area contributed by atoms with Crippen LogP contribution in [0, 0.1) is 11.6 Å². The number of halogens is 3. The number of carbonyl (C=O) groups excluding carboxylic acids is 1. The third-order valence-corrected chi connectivity index (χ3v) is 3.55. The minimum Gasteiger partial charge on any atom is -0.455 e. The van der Waals surface area contributed by atoms with Crippen LogP contribution in [0.25, 0.3) is 16.9 Å². The first-order chi connectivity index (χ1) is 13.1. The van der Waals surface area contributed by atoms with Gasteiger partial charge in [0.05, 0.1) is 23.8 Å². The van der Waals surface area contributed by atoms with Crippen molar-refractivity contribution in [1.82, 2.24) is 14.8 Å². The predicted molar refractivity (Wildman–Crippen MR) is 101 cm³/mol. The Balaban J connectivity index is 2.15. The first-order valence-electron chi connectivity index (χ1n) is 8.07. The zero-order chi connectivity index (χ0) is 20.5. The highest BCUT2D eigenvalue weighted by atomic mass is 31.0. The summed E-state index contributed by atoms with van der Waals surface area (Å²) in [6.45, 7) is 2.46. The standard InChI is InChI=1S/C18H16F3N4O2P/c1-10(26)23-17-7-16(25(24-17)14-5-13(20)8-22-9-14)11-3-12(19)6-15(4-11)27-18(2,21)28/h3-9H,28H2,1-2H3,(H,23,24,26). The molecule has 1 N–H and O–H groups in total. The van der Waals surface area contributed by atoms with Gasteiger partial charge < -0.3 is 10.1 Å². The largest absolute Gasteiger partial charge is 0.455 e. The van der Waals surface area contributed by atoms with E-state index in [9.17, 15) is 18.0 Å². The lowest BCUT2D eigenvalue weighted by Crippen LogP contribution is -2.16. The Kier molecular flexibility index (Phi) is 5.38. The molecule has 2 heterocycles. The van der Waals surface area contributed by atoms with Crippen LogP contribution in [0.4, 0.5) is 19.0 Å². The number of aromatic nitrogens is 3. The fourth-order valence-corrected chi connectivity index (χ4v) is 2.68. The molecule has 0 aliphatic rings. The van der Waals surface area contributed by atoms with E-state index in [0.717, 1.165) is 19.2 Å². The number of carbonyl (C=O) groups is 1. The van der Waals surface area contributed by atoms with Crippen molar-refractivity contribution in [3.63, 3.8) is 0 Å². The molecule has 146 valence electrons. The van der Waals surface area contributed by atoms with E-state index < -0.39 is 17.2 Å². The molecule has 10 heteroatoms. The summed E-state index contributed by atoms with van der Waals surface area (Å²) >= 11 is 0. The van der Waals surface area contributed by atoms with Crippen molar-refractivity contribution in [3.05, 3.63) is 54.4 Å². The Hall–Kier alpha value is -2.93. The number of ether oxygens (including phenoxy) is 1. The third-order valence-electron chi connectivity index (χ3n) is 3.43. The lowest BCUT2D eigenvalue weighted by Gasteiger charge is -2.17. The molecule has 3 rings (SSSR count). The summed E-state index contributed by atoms with van der Waals surface area (Å²) in [6.07, 6.45) is 2.38. The van der Waals surface area contributed by atoms with E-state index in [0.29, 0.717) is 5.69 Å². The quantitative estimate of drug-likeness (QED) is 0.647. The minimum absolute atomic E-state index is 0.0544. The maximum atomic E-state index is 14.1. The van der Waals surface area contributed by atoms with Crippen LogP contribution >= 0.6 is 9.24 Å². The number of nitrogens with one attached hydrogen (secondary N) is 1. The van der Waals surface area contributed by atoms with Crippen LogP contribution in [0.3, 0.4) is 0 Å². The molecule has 0 fully saturated rings. The van der Waals surface area contributed by atoms with Gasteiger partial charge in [0.2, 0.25) is 5.91 Å². The maximum absolute atomic E-state index is 14.1. The molecular weight excluding hydrogens is 392 g/mol. The molecule has 0 radical (unpaired) electrons. The average molecular weight is 408 g/mol. The Morgan fingerprint density at radius 3 is 2.57 bits per heavy atom. The second-order valence-corrected chi connectivity index (χ2v) is 7.16. The van der Waals surface area contributed by atoms with Crippen molar-refractivity contribution >= 4 is 21.0 Å². The van der Waals surface area contributed by atoms with Crippen LogP contribution in [0.2, 0.25) is 0 Å². The molecule has 2 aromatic heterocycles. The summed E-state index contributed by atoms with van der Waals surface area (Å²) < 4.78 is 47.9. The van der Waals surface area contributed by atoms with Crippen LogP contribution in [0.5, 0.6) is 5.75 Å². The average Bonchev–Trinajstić information content (AvgIpc) is 2.95. The van der Waals surface area contributed by atoms with Crippen LogP contribution in [-0.4, -0.2) is 26.3 Å². The van der Waals surface area contributed by atoms with Gasteiger partial charge >= 0.3 is 0 Å². The highest BCUT2D eigenvalue weighted by Crippen LogP contribution is 2.32. The molecule has 0 saturated heterocycles. The molecule has 3 aromatic rings. The summed E-state index contributed by atoms with van der Waals surface area (Å²) in [5.41, 5.74) is -1.26. The van der Waals surface area contributed by atoms with E-state index in [1.54, 1.807) is 0 Å². The topological polar surface area (TPSA) is 69.0 Å². The molecule has 0 bridgehead atoms. The zero-order valence-electron chi connectivity index (χ0n) is 14.9. The lowest BCUT2D eigenvalue weighted by atomic mass is 10.1. The highest BCUT2D eigenvalue weighted by molar-refractivity contribution is 7.18. The lowest BCUT2D eigenvalue weighted by molar-refractivity contribution is -0.114. The predicted octanol–water partition coefficient (Wildman–Crippen LogP) is 4.07. The van der Waals surface area contributed by atoms with Gasteiger partial charge in [0.1, 0.15) is 17.4 Å². The fourth-order valence-electron chi connectivity index (χ4n) is 2.54. The van der Waals surface area contributed by atoms with Crippen molar-refractivity contribution < 1.29 is 22.7 Å². The molecule has 1 amide bonds. The van der Waals surface area contributed by atoms with Gasteiger partial charge in [0.25, 0.3) is 5.60 Å². The van der Waals surface area contributed by atoms with Crippen molar-refractivity contribution in [3.8, 4) is 22.7 Å². The fraction of sp³-hybridized carbons (Fsp3) is 0.167. The monoisotopic (exact) mass is 408 g/mol. The van der Waals surface area contributed by atoms with Crippen LogP contribution in [-0.2, 0) is 4.79 Å². The van der Waals surface area contributed by atoms with Crippen molar-refractivity contribution in [2.45, 2.75) is 19.4 Å². The number of alkyl halides is 1. The molecule has 1 aromatic carbocycles. The second kappa shape index (κ2) is 7.59. The van der Waals surface area contributed by atoms with Gasteiger partial charge in [-0.2, -0.15) is 4.39 Å². The first-order valence-corrected chi connectivity index (χ1v) is 8.65. The van der Waals surface area contributed by atoms with E-state index in [4.69, 9.17) is 4.74 Å². The number of hydrogen-bond donors (Lipinski definition) is 1. The van der Waals surface area contributed by atoms with Crippen LogP contribution in [0.15, 0.2) is 42.7 Å². The van der Waals surface area contributed by atoms with E-state index in [1.807, 2.05) is 9.24 Å². The molecule has 0 aliphatic heterocycles. The number of hydrogen-bond acceptors (Lipinski definition) is 4. The van der Waals surface area contributed by atoms with E-state index in [2.05, 4.69) is 15.4 Å². The molecule has 2 unspecified atom stereocenters. The summed E-state index contributed by atoms with van der Waals surface area (Å²) in [7, 11) is 1.85. The summed E-state index contributed by atoms with van der Waals surface area (Å²) in [6, 6.07) is 6.27. The Morgan fingerprint density at radius 2 is 1.93 bits per heavy atom. The van der Waals surface area contributed by atoms with E-state index in [1.165, 1.54) is 42.1 Å². The third kappa shape index (κ3) is 4.86. The normalized spacial score (nSPS) is 13.1. The number of benzene rings is 1. The van der Waals surface area contributed by atoms with Crippen molar-refractivity contribution in [2.75, 3.05) is 5.32 Å². The summed E-state index contributed by atoms with van der Waals surface area (Å²) in [5, 5.41) is 6.72. The molecular formula is C18H16F3N4O2P. The number of amides is 1. The van der Waals surface area contributed by atoms with E-state index in [-0.39, 0.29) is 28.7 Å². The van der Waals surface area contributed by atoms with Crippen molar-refractivity contribution in [2.24, 2.45) is 0 Å². The number of rotatable bonds is 5. The minimum atomic E-state index is -2.10. The molecule has 0 spiro atoms. The molecule has 6 nitrogen and oxygen atoms in total. The first kappa shape index (κ1) is 19.8. The smallest absolute Gasteiger partial charge is 0.256 e. The van der Waals surface area contributed by atoms with E-state index >= 15 is 0 Å². The van der Waals surface area contributed by atoms with Gasteiger partial charge in [0.15, 0.2) is 5.82 Å². The van der Waals surface area contributed by atoms with Crippen molar-refractivity contribution in [1.29, 1.82) is 0 Å².